The van der Waals surface area contributed by atoms with Crippen molar-refractivity contribution in [2.24, 2.45) is 5.73 Å². The molecule has 0 aliphatic heterocycles. The van der Waals surface area contributed by atoms with E-state index < -0.39 is 26.5 Å². The van der Waals surface area contributed by atoms with Crippen molar-refractivity contribution in [2.45, 2.75) is 51.6 Å². The van der Waals surface area contributed by atoms with Gasteiger partial charge >= 0.3 is 13.8 Å². The molecule has 0 aromatic carbocycles. The molecular weight excluding hydrogens is 313 g/mol. The first kappa shape index (κ1) is 21.5. The lowest BCUT2D eigenvalue weighted by Gasteiger charge is -2.15. The number of aliphatic hydroxyl groups is 1. The van der Waals surface area contributed by atoms with Crippen LogP contribution in [0.15, 0.2) is 0 Å². The normalized spacial score (nSPS) is 15.3. The Morgan fingerprint density at radius 3 is 2.50 bits per heavy atom. The fourth-order valence-electron chi connectivity index (χ4n) is 1.57. The molecule has 0 aliphatic carbocycles. The number of nitrogens with two attached hydrogens (primary N) is 1. The van der Waals surface area contributed by atoms with Crippen molar-refractivity contribution in [3.63, 3.8) is 0 Å². The number of esters is 1. The van der Waals surface area contributed by atoms with Crippen LogP contribution in [0.5, 0.6) is 0 Å². The fourth-order valence-corrected chi connectivity index (χ4v) is 2.34. The van der Waals surface area contributed by atoms with Gasteiger partial charge in [-0.1, -0.05) is 32.6 Å². The largest absolute Gasteiger partial charge is 0.472 e. The minimum Gasteiger partial charge on any atom is -0.463 e. The van der Waals surface area contributed by atoms with E-state index in [0.717, 1.165) is 32.1 Å². The second-order valence-corrected chi connectivity index (χ2v) is 6.34. The zero-order chi connectivity index (χ0) is 16.8. The Balaban J connectivity index is 3.69. The maximum atomic E-state index is 11.4. The van der Waals surface area contributed by atoms with Crippen LogP contribution in [-0.2, 0) is 23.1 Å². The number of unbranched alkanes of at least 4 members (excludes halogenated alkanes) is 4. The second kappa shape index (κ2) is 13.0. The maximum absolute atomic E-state index is 11.4. The molecule has 0 aromatic rings. The van der Waals surface area contributed by atoms with E-state index >= 15 is 0 Å². The van der Waals surface area contributed by atoms with Crippen LogP contribution >= 0.6 is 7.82 Å². The Morgan fingerprint density at radius 1 is 1.18 bits per heavy atom. The number of hydrogen-bond acceptors (Lipinski definition) is 7. The van der Waals surface area contributed by atoms with Gasteiger partial charge in [-0.25, -0.2) is 4.57 Å². The van der Waals surface area contributed by atoms with Crippen molar-refractivity contribution in [1.82, 2.24) is 0 Å². The highest BCUT2D eigenvalue weighted by molar-refractivity contribution is 7.47. The van der Waals surface area contributed by atoms with Gasteiger partial charge in [0.1, 0.15) is 12.7 Å². The Bertz CT molecular complexity index is 340. The summed E-state index contributed by atoms with van der Waals surface area (Å²) in [6.45, 7) is 1.31. The minimum atomic E-state index is -4.22. The third-order valence-corrected chi connectivity index (χ3v) is 3.71. The number of phosphoric acid groups is 1. The first-order valence-electron chi connectivity index (χ1n) is 7.57. The highest BCUT2D eigenvalue weighted by atomic mass is 31.2. The zero-order valence-corrected chi connectivity index (χ0v) is 14.0. The van der Waals surface area contributed by atoms with Gasteiger partial charge < -0.3 is 20.5 Å². The molecule has 2 unspecified atom stereocenters. The van der Waals surface area contributed by atoms with Crippen molar-refractivity contribution in [2.75, 3.05) is 26.4 Å². The average molecular weight is 341 g/mol. The van der Waals surface area contributed by atoms with E-state index in [9.17, 15) is 19.4 Å². The summed E-state index contributed by atoms with van der Waals surface area (Å²) in [5.41, 5.74) is 5.12. The molecule has 0 spiro atoms. The highest BCUT2D eigenvalue weighted by Crippen LogP contribution is 2.42. The summed E-state index contributed by atoms with van der Waals surface area (Å²) < 4.78 is 25.2. The number of ether oxygens (including phenoxy) is 1. The molecule has 0 radical (unpaired) electrons. The topological polar surface area (TPSA) is 128 Å². The van der Waals surface area contributed by atoms with E-state index in [1.807, 2.05) is 0 Å². The van der Waals surface area contributed by atoms with E-state index in [1.165, 1.54) is 0 Å². The van der Waals surface area contributed by atoms with Crippen molar-refractivity contribution < 1.29 is 33.1 Å². The number of rotatable bonds is 14. The van der Waals surface area contributed by atoms with Gasteiger partial charge in [0.2, 0.25) is 0 Å². The predicted octanol–water partition coefficient (Wildman–Crippen LogP) is 1.34. The van der Waals surface area contributed by atoms with Gasteiger partial charge in [-0.05, 0) is 6.42 Å². The summed E-state index contributed by atoms with van der Waals surface area (Å²) in [5, 5.41) is 9.51. The van der Waals surface area contributed by atoms with Crippen molar-refractivity contribution >= 4 is 13.8 Å². The lowest BCUT2D eigenvalue weighted by molar-refractivity contribution is -0.147. The van der Waals surface area contributed by atoms with Crippen LogP contribution in [0.3, 0.4) is 0 Å². The van der Waals surface area contributed by atoms with Gasteiger partial charge in [0, 0.05) is 13.0 Å². The van der Waals surface area contributed by atoms with Crippen LogP contribution in [0.4, 0.5) is 0 Å². The Labute approximate surface area is 131 Å². The van der Waals surface area contributed by atoms with Crippen LogP contribution in [0, 0.1) is 0 Å². The molecule has 132 valence electrons. The average Bonchev–Trinajstić information content (AvgIpc) is 2.49. The Kier molecular flexibility index (Phi) is 12.7. The van der Waals surface area contributed by atoms with Gasteiger partial charge in [0.05, 0.1) is 13.2 Å². The molecule has 8 nitrogen and oxygen atoms in total. The third kappa shape index (κ3) is 13.2. The smallest absolute Gasteiger partial charge is 0.463 e. The summed E-state index contributed by atoms with van der Waals surface area (Å²) in [5.74, 6) is -0.401. The van der Waals surface area contributed by atoms with Crippen LogP contribution in [-0.4, -0.2) is 48.4 Å². The summed E-state index contributed by atoms with van der Waals surface area (Å²) in [6.07, 6.45) is 4.22. The number of aliphatic hydroxyl groups excluding tert-OH is 1. The monoisotopic (exact) mass is 341 g/mol. The van der Waals surface area contributed by atoms with E-state index in [2.05, 4.69) is 16.0 Å². The van der Waals surface area contributed by atoms with Crippen LogP contribution in [0.25, 0.3) is 0 Å². The molecule has 0 heterocycles. The van der Waals surface area contributed by atoms with Crippen LogP contribution in [0.2, 0.25) is 0 Å². The summed E-state index contributed by atoms with van der Waals surface area (Å²) in [6, 6.07) is 0. The quantitative estimate of drug-likeness (QED) is 0.245. The van der Waals surface area contributed by atoms with Crippen molar-refractivity contribution in [3.8, 4) is 0 Å². The van der Waals surface area contributed by atoms with Crippen molar-refractivity contribution in [3.05, 3.63) is 0 Å². The van der Waals surface area contributed by atoms with Crippen molar-refractivity contribution in [1.29, 1.82) is 0 Å². The van der Waals surface area contributed by atoms with E-state index in [0.29, 0.717) is 6.42 Å². The number of carbonyl (C=O) groups is 1. The molecule has 0 fully saturated rings. The molecule has 0 amide bonds. The van der Waals surface area contributed by atoms with Gasteiger partial charge in [-0.2, -0.15) is 0 Å². The minimum absolute atomic E-state index is 0.0757. The van der Waals surface area contributed by atoms with Gasteiger partial charge in [0.25, 0.3) is 0 Å². The molecule has 22 heavy (non-hydrogen) atoms. The molecule has 0 rings (SSSR count). The molecule has 0 saturated heterocycles. The lowest BCUT2D eigenvalue weighted by Crippen LogP contribution is -2.23. The van der Waals surface area contributed by atoms with Gasteiger partial charge in [-0.15, -0.1) is 0 Å². The fraction of sp³-hybridized carbons (Fsp3) is 0.923. The van der Waals surface area contributed by atoms with E-state index in [4.69, 9.17) is 10.5 Å². The number of phosphoric ester groups is 1. The summed E-state index contributed by atoms with van der Waals surface area (Å²) in [4.78, 5) is 20.6. The molecule has 9 heteroatoms. The van der Waals surface area contributed by atoms with Crippen LogP contribution < -0.4 is 5.73 Å². The highest BCUT2D eigenvalue weighted by Gasteiger charge is 2.22. The molecular formula is C13H28NO7P. The Hall–Kier alpha value is -0.500. The first-order valence-corrected chi connectivity index (χ1v) is 9.06. The molecule has 4 N–H and O–H groups in total. The standard InChI is InChI=1S/C13H28NO7P/c1-2-3-4-5-6-7-13(16)19-10-12(15)11-21-22(17,18)20-9-8-14/h12,15H,2-11,14H2,1H3,(H,17,18). The summed E-state index contributed by atoms with van der Waals surface area (Å²) in [7, 11) is -4.22. The van der Waals surface area contributed by atoms with Gasteiger partial charge in [0.15, 0.2) is 0 Å². The predicted molar refractivity (Wildman–Crippen MR) is 81.1 cm³/mol. The lowest BCUT2D eigenvalue weighted by atomic mass is 10.1. The molecule has 0 aromatic heterocycles. The zero-order valence-electron chi connectivity index (χ0n) is 13.1. The third-order valence-electron chi connectivity index (χ3n) is 2.72. The number of hydrogen-bond donors (Lipinski definition) is 3. The summed E-state index contributed by atoms with van der Waals surface area (Å²) >= 11 is 0. The SMILES string of the molecule is CCCCCCCC(=O)OCC(O)COP(=O)(O)OCCN. The maximum Gasteiger partial charge on any atom is 0.472 e. The molecule has 0 bridgehead atoms. The first-order chi connectivity index (χ1) is 10.4. The molecule has 0 aliphatic rings. The van der Waals surface area contributed by atoms with E-state index in [-0.39, 0.29) is 19.8 Å². The molecule has 2 atom stereocenters. The van der Waals surface area contributed by atoms with Crippen LogP contribution in [0.1, 0.15) is 45.4 Å². The Morgan fingerprint density at radius 2 is 1.86 bits per heavy atom. The molecule has 0 saturated carbocycles. The van der Waals surface area contributed by atoms with Gasteiger partial charge in [-0.3, -0.25) is 13.8 Å². The second-order valence-electron chi connectivity index (χ2n) is 4.89. The van der Waals surface area contributed by atoms with E-state index in [1.54, 1.807) is 0 Å². The number of carbonyl (C=O) groups excluding carboxylic acids is 1.